The molecule has 0 fully saturated rings. The van der Waals surface area contributed by atoms with Gasteiger partial charge in [-0.05, 0) is 43.1 Å². The van der Waals surface area contributed by atoms with Crippen LogP contribution >= 0.6 is 11.6 Å². The molecule has 0 aliphatic heterocycles. The van der Waals surface area contributed by atoms with Crippen LogP contribution in [-0.2, 0) is 0 Å². The molecule has 0 radical (unpaired) electrons. The Labute approximate surface area is 192 Å². The number of para-hydroxylation sites is 1. The molecular formula is C23H15ClFN5O3. The summed E-state index contributed by atoms with van der Waals surface area (Å²) < 4.78 is 15.0. The Morgan fingerprint density at radius 2 is 1.85 bits per heavy atom. The number of anilines is 1. The standard InChI is InChI=1S/C23H15ClFN5O3/c1-26-21-17(25)9-10-18(27-21)13-7-8-16(24)15(11-13)22(31)28-20-12-19(23(32)33)29-30(20)14-5-3-2-4-6-14/h2-12H,1H2,(H,28,31)(H,32,33). The summed E-state index contributed by atoms with van der Waals surface area (Å²) in [6.45, 7) is 3.29. The Morgan fingerprint density at radius 1 is 1.09 bits per heavy atom. The number of pyridine rings is 1. The van der Waals surface area contributed by atoms with E-state index in [0.717, 1.165) is 0 Å². The minimum atomic E-state index is -1.24. The molecule has 2 aromatic carbocycles. The van der Waals surface area contributed by atoms with Crippen LogP contribution in [0.5, 0.6) is 0 Å². The van der Waals surface area contributed by atoms with E-state index in [-0.39, 0.29) is 27.9 Å². The molecule has 2 aromatic heterocycles. The zero-order valence-electron chi connectivity index (χ0n) is 16.9. The maximum absolute atomic E-state index is 13.7. The van der Waals surface area contributed by atoms with Crippen molar-refractivity contribution >= 4 is 41.8 Å². The van der Waals surface area contributed by atoms with E-state index >= 15 is 0 Å². The Balaban J connectivity index is 1.71. The first-order valence-corrected chi connectivity index (χ1v) is 9.88. The van der Waals surface area contributed by atoms with E-state index in [1.807, 2.05) is 0 Å². The molecule has 0 aliphatic carbocycles. The molecule has 2 heterocycles. The number of aliphatic imine (C=N–C) groups is 1. The van der Waals surface area contributed by atoms with Crippen molar-refractivity contribution in [3.8, 4) is 16.9 Å². The summed E-state index contributed by atoms with van der Waals surface area (Å²) in [7, 11) is 0. The molecule has 0 bridgehead atoms. The van der Waals surface area contributed by atoms with Gasteiger partial charge in [-0.1, -0.05) is 35.9 Å². The molecule has 8 nitrogen and oxygen atoms in total. The van der Waals surface area contributed by atoms with Crippen LogP contribution in [0.1, 0.15) is 20.8 Å². The number of amides is 1. The van der Waals surface area contributed by atoms with E-state index in [9.17, 15) is 19.1 Å². The van der Waals surface area contributed by atoms with E-state index in [4.69, 9.17) is 11.6 Å². The quantitative estimate of drug-likeness (QED) is 0.391. The van der Waals surface area contributed by atoms with Crippen molar-refractivity contribution in [1.29, 1.82) is 0 Å². The van der Waals surface area contributed by atoms with Crippen molar-refractivity contribution < 1.29 is 19.1 Å². The van der Waals surface area contributed by atoms with Gasteiger partial charge in [-0.3, -0.25) is 4.79 Å². The first-order valence-electron chi connectivity index (χ1n) is 9.50. The van der Waals surface area contributed by atoms with Gasteiger partial charge in [0.25, 0.3) is 5.91 Å². The number of carboxylic acid groups (broad SMARTS) is 1. The van der Waals surface area contributed by atoms with Gasteiger partial charge in [0.2, 0.25) is 0 Å². The van der Waals surface area contributed by atoms with E-state index in [1.165, 1.54) is 35.0 Å². The Kier molecular flexibility index (Phi) is 5.97. The third kappa shape index (κ3) is 4.48. The number of carbonyl (C=O) groups is 2. The van der Waals surface area contributed by atoms with E-state index in [2.05, 4.69) is 27.1 Å². The van der Waals surface area contributed by atoms with Crippen LogP contribution < -0.4 is 5.32 Å². The lowest BCUT2D eigenvalue weighted by Gasteiger charge is -2.11. The van der Waals surface area contributed by atoms with E-state index < -0.39 is 17.7 Å². The third-order valence-corrected chi connectivity index (χ3v) is 4.98. The van der Waals surface area contributed by atoms with Crippen LogP contribution in [0.25, 0.3) is 16.9 Å². The number of rotatable bonds is 6. The van der Waals surface area contributed by atoms with Crippen LogP contribution in [0.4, 0.5) is 16.0 Å². The molecule has 0 saturated carbocycles. The average molecular weight is 464 g/mol. The number of carboxylic acids is 1. The summed E-state index contributed by atoms with van der Waals surface area (Å²) in [5.74, 6) is -2.48. The highest BCUT2D eigenvalue weighted by Crippen LogP contribution is 2.28. The Bertz CT molecular complexity index is 1390. The summed E-state index contributed by atoms with van der Waals surface area (Å²) in [4.78, 5) is 32.1. The van der Waals surface area contributed by atoms with Crippen molar-refractivity contribution in [3.63, 3.8) is 0 Å². The third-order valence-electron chi connectivity index (χ3n) is 4.65. The van der Waals surface area contributed by atoms with Gasteiger partial charge in [0, 0.05) is 11.6 Å². The smallest absolute Gasteiger partial charge is 0.356 e. The second kappa shape index (κ2) is 9.01. The van der Waals surface area contributed by atoms with Crippen molar-refractivity contribution in [2.45, 2.75) is 0 Å². The van der Waals surface area contributed by atoms with Crippen molar-refractivity contribution in [2.75, 3.05) is 5.32 Å². The van der Waals surface area contributed by atoms with Crippen molar-refractivity contribution in [1.82, 2.24) is 14.8 Å². The van der Waals surface area contributed by atoms with Crippen LogP contribution in [0.3, 0.4) is 0 Å². The fraction of sp³-hybridized carbons (Fsp3) is 0. The fourth-order valence-corrected chi connectivity index (χ4v) is 3.29. The molecule has 33 heavy (non-hydrogen) atoms. The van der Waals surface area contributed by atoms with Crippen molar-refractivity contribution in [2.24, 2.45) is 4.99 Å². The lowest BCUT2D eigenvalue weighted by molar-refractivity contribution is 0.0689. The highest BCUT2D eigenvalue weighted by Gasteiger charge is 2.19. The zero-order chi connectivity index (χ0) is 23.5. The van der Waals surface area contributed by atoms with Crippen LogP contribution in [0, 0.1) is 5.82 Å². The Morgan fingerprint density at radius 3 is 2.55 bits per heavy atom. The van der Waals surface area contributed by atoms with Gasteiger partial charge in [-0.25, -0.2) is 23.8 Å². The second-order valence-electron chi connectivity index (χ2n) is 6.78. The first kappa shape index (κ1) is 21.8. The monoisotopic (exact) mass is 463 g/mol. The summed E-state index contributed by atoms with van der Waals surface area (Å²) in [5.41, 5.74) is 1.28. The summed E-state index contributed by atoms with van der Waals surface area (Å²) in [6.07, 6.45) is 0. The van der Waals surface area contributed by atoms with Crippen LogP contribution in [0.15, 0.2) is 71.7 Å². The fourth-order valence-electron chi connectivity index (χ4n) is 3.09. The molecule has 0 aliphatic rings. The van der Waals surface area contributed by atoms with Gasteiger partial charge in [0.15, 0.2) is 17.3 Å². The maximum atomic E-state index is 13.7. The molecule has 4 rings (SSSR count). The molecule has 0 saturated heterocycles. The number of benzene rings is 2. The van der Waals surface area contributed by atoms with E-state index in [1.54, 1.807) is 36.4 Å². The van der Waals surface area contributed by atoms with Crippen molar-refractivity contribution in [3.05, 3.63) is 88.8 Å². The predicted octanol–water partition coefficient (Wildman–Crippen LogP) is 5.01. The lowest BCUT2D eigenvalue weighted by Crippen LogP contribution is -2.15. The van der Waals surface area contributed by atoms with Gasteiger partial charge < -0.3 is 10.4 Å². The molecule has 1 amide bonds. The number of halogens is 2. The molecule has 0 spiro atoms. The van der Waals surface area contributed by atoms with Gasteiger partial charge in [0.1, 0.15) is 5.82 Å². The number of hydrogen-bond acceptors (Lipinski definition) is 5. The highest BCUT2D eigenvalue weighted by molar-refractivity contribution is 6.34. The normalized spacial score (nSPS) is 10.6. The average Bonchev–Trinajstić information content (AvgIpc) is 3.24. The number of hydrogen-bond donors (Lipinski definition) is 2. The number of carbonyl (C=O) groups excluding carboxylic acids is 1. The van der Waals surface area contributed by atoms with Gasteiger partial charge >= 0.3 is 5.97 Å². The van der Waals surface area contributed by atoms with Crippen LogP contribution in [0.2, 0.25) is 5.02 Å². The van der Waals surface area contributed by atoms with Gasteiger partial charge in [-0.15, -0.1) is 0 Å². The minimum Gasteiger partial charge on any atom is -0.476 e. The zero-order valence-corrected chi connectivity index (χ0v) is 17.6. The SMILES string of the molecule is C=Nc1nc(-c2ccc(Cl)c(C(=O)Nc3cc(C(=O)O)nn3-c3ccccc3)c2)ccc1F. The molecule has 164 valence electrons. The van der Waals surface area contributed by atoms with E-state index in [0.29, 0.717) is 16.9 Å². The second-order valence-corrected chi connectivity index (χ2v) is 7.18. The first-order chi connectivity index (χ1) is 15.9. The lowest BCUT2D eigenvalue weighted by atomic mass is 10.1. The molecule has 10 heteroatoms. The molecule has 0 unspecified atom stereocenters. The molecule has 2 N–H and O–H groups in total. The maximum Gasteiger partial charge on any atom is 0.356 e. The molecular weight excluding hydrogens is 449 g/mol. The summed E-state index contributed by atoms with van der Waals surface area (Å²) in [6, 6.07) is 17.3. The molecule has 4 aromatic rings. The summed E-state index contributed by atoms with van der Waals surface area (Å²) in [5, 5.41) is 16.2. The van der Waals surface area contributed by atoms with Gasteiger partial charge in [-0.2, -0.15) is 5.10 Å². The number of aromatic nitrogens is 3. The highest BCUT2D eigenvalue weighted by atomic mass is 35.5. The Hall–Kier alpha value is -4.37. The van der Waals surface area contributed by atoms with Gasteiger partial charge in [0.05, 0.1) is 22.0 Å². The molecule has 0 atom stereocenters. The summed E-state index contributed by atoms with van der Waals surface area (Å²) >= 11 is 6.25. The predicted molar refractivity (Wildman–Crippen MR) is 122 cm³/mol. The number of nitrogens with zero attached hydrogens (tertiary/aromatic N) is 4. The largest absolute Gasteiger partial charge is 0.476 e. The van der Waals surface area contributed by atoms with Crippen LogP contribution in [-0.4, -0.2) is 38.5 Å². The number of aromatic carboxylic acids is 1. The number of nitrogens with one attached hydrogen (secondary N) is 1. The topological polar surface area (TPSA) is 109 Å². The minimum absolute atomic E-state index is 0.103.